The molecule has 1 amide bonds. The molecule has 2 aromatic heterocycles. The van der Waals surface area contributed by atoms with Crippen molar-refractivity contribution in [1.82, 2.24) is 19.7 Å². The predicted octanol–water partition coefficient (Wildman–Crippen LogP) is 3.03. The van der Waals surface area contributed by atoms with Crippen LogP contribution in [0.4, 0.5) is 21.8 Å². The number of nitrogens with one attached hydrogen (secondary N) is 2. The van der Waals surface area contributed by atoms with Gasteiger partial charge < -0.3 is 15.5 Å². The van der Waals surface area contributed by atoms with Gasteiger partial charge in [-0.15, -0.1) is 0 Å². The predicted molar refractivity (Wildman–Crippen MR) is 113 cm³/mol. The number of anilines is 3. The average molecular weight is 409 g/mol. The van der Waals surface area contributed by atoms with E-state index in [1.54, 1.807) is 24.5 Å². The second-order valence-electron chi connectivity index (χ2n) is 7.30. The van der Waals surface area contributed by atoms with E-state index in [0.29, 0.717) is 24.7 Å². The van der Waals surface area contributed by atoms with Crippen LogP contribution in [0.25, 0.3) is 0 Å². The highest BCUT2D eigenvalue weighted by Gasteiger charge is 2.37. The highest BCUT2D eigenvalue weighted by atomic mass is 19.1. The third-order valence-corrected chi connectivity index (χ3v) is 5.25. The third kappa shape index (κ3) is 3.83. The summed E-state index contributed by atoms with van der Waals surface area (Å²) in [5.74, 6) is 1.06. The number of halogens is 1. The molecular formula is C21H24FN7O. The Balaban J connectivity index is 0.00000218. The highest BCUT2D eigenvalue weighted by Crippen LogP contribution is 2.35. The van der Waals surface area contributed by atoms with Crippen molar-refractivity contribution in [3.8, 4) is 0 Å². The fourth-order valence-corrected chi connectivity index (χ4v) is 3.82. The van der Waals surface area contributed by atoms with Gasteiger partial charge in [-0.05, 0) is 30.5 Å². The van der Waals surface area contributed by atoms with Crippen molar-refractivity contribution in [2.24, 2.45) is 0 Å². The number of hydrogen-bond donors (Lipinski definition) is 2. The molecule has 9 heteroatoms. The molecule has 1 fully saturated rings. The second kappa shape index (κ2) is 8.10. The molecule has 4 heterocycles. The number of carbonyl (C=O) groups excluding carboxylic acids is 1. The first-order chi connectivity index (χ1) is 14.2. The van der Waals surface area contributed by atoms with Crippen LogP contribution in [0.5, 0.6) is 0 Å². The Labute approximate surface area is 174 Å². The summed E-state index contributed by atoms with van der Waals surface area (Å²) in [6, 6.07) is 6.26. The van der Waals surface area contributed by atoms with Crippen molar-refractivity contribution < 1.29 is 9.18 Å². The lowest BCUT2D eigenvalue weighted by molar-refractivity contribution is -0.117. The van der Waals surface area contributed by atoms with E-state index in [4.69, 9.17) is 0 Å². The van der Waals surface area contributed by atoms with Gasteiger partial charge in [-0.1, -0.05) is 19.6 Å². The van der Waals surface area contributed by atoms with E-state index in [0.717, 1.165) is 36.3 Å². The monoisotopic (exact) mass is 409 g/mol. The molecular weight excluding hydrogens is 385 g/mol. The number of carbonyl (C=O) groups is 1. The van der Waals surface area contributed by atoms with Crippen LogP contribution in [-0.4, -0.2) is 38.2 Å². The molecule has 0 bridgehead atoms. The van der Waals surface area contributed by atoms with Crippen LogP contribution in [0.2, 0.25) is 0 Å². The normalized spacial score (nSPS) is 17.0. The van der Waals surface area contributed by atoms with E-state index in [9.17, 15) is 9.18 Å². The zero-order chi connectivity index (χ0) is 19.8. The molecule has 156 valence electrons. The minimum Gasteiger partial charge on any atom is -0.350 e. The van der Waals surface area contributed by atoms with Crippen molar-refractivity contribution in [3.05, 3.63) is 59.8 Å². The van der Waals surface area contributed by atoms with Crippen LogP contribution in [0, 0.1) is 5.82 Å². The first-order valence-corrected chi connectivity index (χ1v) is 9.60. The number of fused-ring (bicyclic) bond motifs is 3. The largest absolute Gasteiger partial charge is 0.350 e. The van der Waals surface area contributed by atoms with E-state index in [2.05, 4.69) is 30.6 Å². The Morgan fingerprint density at radius 1 is 1.20 bits per heavy atom. The summed E-state index contributed by atoms with van der Waals surface area (Å²) in [4.78, 5) is 23.1. The molecule has 2 aliphatic heterocycles. The molecule has 0 radical (unpaired) electrons. The lowest BCUT2D eigenvalue weighted by Gasteiger charge is -2.31. The molecule has 1 saturated heterocycles. The molecule has 0 unspecified atom stereocenters. The Morgan fingerprint density at radius 2 is 2.03 bits per heavy atom. The van der Waals surface area contributed by atoms with Crippen LogP contribution in [0.15, 0.2) is 42.9 Å². The molecule has 3 aromatic rings. The minimum atomic E-state index is -0.246. The van der Waals surface area contributed by atoms with E-state index < -0.39 is 0 Å². The van der Waals surface area contributed by atoms with E-state index in [-0.39, 0.29) is 25.2 Å². The summed E-state index contributed by atoms with van der Waals surface area (Å²) in [7, 11) is 0. The summed E-state index contributed by atoms with van der Waals surface area (Å²) < 4.78 is 14.8. The molecule has 5 rings (SSSR count). The van der Waals surface area contributed by atoms with Crippen LogP contribution in [0.1, 0.15) is 31.4 Å². The van der Waals surface area contributed by atoms with Crippen LogP contribution < -0.4 is 15.5 Å². The van der Waals surface area contributed by atoms with Crippen LogP contribution >= 0.6 is 0 Å². The van der Waals surface area contributed by atoms with Crippen LogP contribution in [0.3, 0.4) is 0 Å². The average Bonchev–Trinajstić information content (AvgIpc) is 3.39. The van der Waals surface area contributed by atoms with Gasteiger partial charge in [0.1, 0.15) is 17.5 Å². The summed E-state index contributed by atoms with van der Waals surface area (Å²) in [5.41, 5.74) is 2.63. The Kier molecular flexibility index (Phi) is 5.35. The SMILES string of the molecule is C.O=C1Nc2cnc(NCc3cnn(Cc4ccc(F)cc4)c3)nc2N2CCC[C@H]12. The van der Waals surface area contributed by atoms with E-state index >= 15 is 0 Å². The molecule has 2 N–H and O–H groups in total. The third-order valence-electron chi connectivity index (χ3n) is 5.25. The molecule has 1 aromatic carbocycles. The minimum absolute atomic E-state index is 0. The number of nitrogens with zero attached hydrogens (tertiary/aromatic N) is 5. The maximum absolute atomic E-state index is 13.0. The number of benzene rings is 1. The van der Waals surface area contributed by atoms with Gasteiger partial charge in [0.05, 0.1) is 18.9 Å². The maximum Gasteiger partial charge on any atom is 0.247 e. The first kappa shape index (κ1) is 19.8. The lowest BCUT2D eigenvalue weighted by Crippen LogP contribution is -2.44. The van der Waals surface area contributed by atoms with Gasteiger partial charge >= 0.3 is 0 Å². The molecule has 2 aliphatic rings. The highest BCUT2D eigenvalue weighted by molar-refractivity contribution is 6.03. The van der Waals surface area contributed by atoms with Crippen molar-refractivity contribution >= 4 is 23.4 Å². The van der Waals surface area contributed by atoms with E-state index in [1.165, 1.54) is 12.1 Å². The standard InChI is InChI=1S/C20H20FN7O.CH4/c21-15-5-3-13(4-6-15)11-27-12-14(9-24-27)8-22-20-23-10-16-18(26-20)28-7-1-2-17(28)19(29)25-16;/h3-6,9-10,12,17H,1-2,7-8,11H2,(H,25,29)(H,22,23,26);1H4/t17-;/m1./s1. The molecule has 0 aliphatic carbocycles. The summed E-state index contributed by atoms with van der Waals surface area (Å²) in [6.45, 7) is 1.93. The summed E-state index contributed by atoms with van der Waals surface area (Å²) in [5, 5.41) is 10.5. The lowest BCUT2D eigenvalue weighted by atomic mass is 10.1. The van der Waals surface area contributed by atoms with Crippen molar-refractivity contribution in [3.63, 3.8) is 0 Å². The first-order valence-electron chi connectivity index (χ1n) is 9.60. The number of rotatable bonds is 5. The Bertz CT molecular complexity index is 1050. The zero-order valence-electron chi connectivity index (χ0n) is 15.7. The van der Waals surface area contributed by atoms with Gasteiger partial charge in [0.2, 0.25) is 11.9 Å². The van der Waals surface area contributed by atoms with Gasteiger partial charge in [0.15, 0.2) is 5.82 Å². The van der Waals surface area contributed by atoms with Gasteiger partial charge in [0, 0.05) is 24.8 Å². The number of amides is 1. The molecule has 8 nitrogen and oxygen atoms in total. The maximum atomic E-state index is 13.0. The number of aromatic nitrogens is 4. The van der Waals surface area contributed by atoms with E-state index in [1.807, 2.05) is 10.9 Å². The van der Waals surface area contributed by atoms with Crippen LogP contribution in [-0.2, 0) is 17.9 Å². The van der Waals surface area contributed by atoms with Gasteiger partial charge in [-0.25, -0.2) is 9.37 Å². The van der Waals surface area contributed by atoms with Crippen molar-refractivity contribution in [1.29, 1.82) is 0 Å². The zero-order valence-corrected chi connectivity index (χ0v) is 15.7. The molecule has 30 heavy (non-hydrogen) atoms. The van der Waals surface area contributed by atoms with Gasteiger partial charge in [0.25, 0.3) is 0 Å². The number of hydrogen-bond acceptors (Lipinski definition) is 6. The van der Waals surface area contributed by atoms with Gasteiger partial charge in [-0.2, -0.15) is 10.1 Å². The van der Waals surface area contributed by atoms with Crippen molar-refractivity contribution in [2.45, 2.75) is 39.4 Å². The second-order valence-corrected chi connectivity index (χ2v) is 7.30. The Hall–Kier alpha value is -3.49. The summed E-state index contributed by atoms with van der Waals surface area (Å²) in [6.07, 6.45) is 7.20. The summed E-state index contributed by atoms with van der Waals surface area (Å²) >= 11 is 0. The quantitative estimate of drug-likeness (QED) is 0.674. The fraction of sp³-hybridized carbons (Fsp3) is 0.333. The molecule has 1 atom stereocenters. The van der Waals surface area contributed by atoms with Gasteiger partial charge in [-0.3, -0.25) is 9.48 Å². The fourth-order valence-electron chi connectivity index (χ4n) is 3.82. The smallest absolute Gasteiger partial charge is 0.247 e. The topological polar surface area (TPSA) is 88.0 Å². The Morgan fingerprint density at radius 3 is 2.87 bits per heavy atom. The van der Waals surface area contributed by atoms with Crippen molar-refractivity contribution in [2.75, 3.05) is 22.1 Å². The molecule has 0 saturated carbocycles. The molecule has 0 spiro atoms.